The Labute approximate surface area is 175 Å². The Morgan fingerprint density at radius 1 is 1.10 bits per heavy atom. The molecule has 0 radical (unpaired) electrons. The molecule has 1 N–H and O–H groups in total. The monoisotopic (exact) mass is 413 g/mol. The van der Waals surface area contributed by atoms with Crippen molar-refractivity contribution < 1.29 is 14.4 Å². The molecular formula is C22H24ClN3O3. The SMILES string of the molecule is CC(C)N(Cc1ccccc1)C(=O)CN1C(=O)N[C@@](C)(c2ccccc2Cl)C1=O. The van der Waals surface area contributed by atoms with Crippen LogP contribution in [-0.2, 0) is 21.7 Å². The van der Waals surface area contributed by atoms with Gasteiger partial charge in [-0.15, -0.1) is 0 Å². The first-order valence-electron chi connectivity index (χ1n) is 9.46. The summed E-state index contributed by atoms with van der Waals surface area (Å²) in [6, 6.07) is 15.8. The predicted octanol–water partition coefficient (Wildman–Crippen LogP) is 3.54. The van der Waals surface area contributed by atoms with Gasteiger partial charge in [0.05, 0.1) is 0 Å². The quantitative estimate of drug-likeness (QED) is 0.736. The van der Waals surface area contributed by atoms with Crippen LogP contribution in [0.2, 0.25) is 5.02 Å². The van der Waals surface area contributed by atoms with Crippen molar-refractivity contribution in [1.29, 1.82) is 0 Å². The zero-order valence-corrected chi connectivity index (χ0v) is 17.4. The van der Waals surface area contributed by atoms with Gasteiger partial charge in [0.2, 0.25) is 5.91 Å². The first kappa shape index (κ1) is 20.9. The van der Waals surface area contributed by atoms with E-state index in [9.17, 15) is 14.4 Å². The Balaban J connectivity index is 1.80. The van der Waals surface area contributed by atoms with Crippen LogP contribution in [0.4, 0.5) is 4.79 Å². The molecule has 1 aliphatic rings. The number of amides is 4. The molecule has 1 fully saturated rings. The molecule has 6 nitrogen and oxygen atoms in total. The number of hydrogen-bond acceptors (Lipinski definition) is 3. The third kappa shape index (κ3) is 4.12. The summed E-state index contributed by atoms with van der Waals surface area (Å²) < 4.78 is 0. The highest BCUT2D eigenvalue weighted by Crippen LogP contribution is 2.33. The number of carbonyl (C=O) groups is 3. The minimum atomic E-state index is -1.31. The number of nitrogens with zero attached hydrogens (tertiary/aromatic N) is 2. The minimum absolute atomic E-state index is 0.0848. The van der Waals surface area contributed by atoms with Crippen LogP contribution in [0.5, 0.6) is 0 Å². The minimum Gasteiger partial charge on any atom is -0.334 e. The largest absolute Gasteiger partial charge is 0.334 e. The summed E-state index contributed by atoms with van der Waals surface area (Å²) in [5.74, 6) is -0.789. The molecule has 1 aliphatic heterocycles. The van der Waals surface area contributed by atoms with Crippen LogP contribution in [0.25, 0.3) is 0 Å². The van der Waals surface area contributed by atoms with E-state index in [1.807, 2.05) is 44.2 Å². The molecule has 7 heteroatoms. The second kappa shape index (κ2) is 8.25. The van der Waals surface area contributed by atoms with E-state index in [1.54, 1.807) is 36.1 Å². The summed E-state index contributed by atoms with van der Waals surface area (Å²) in [6.07, 6.45) is 0. The molecule has 0 saturated carbocycles. The van der Waals surface area contributed by atoms with Crippen molar-refractivity contribution in [3.63, 3.8) is 0 Å². The molecule has 0 bridgehead atoms. The van der Waals surface area contributed by atoms with E-state index in [4.69, 9.17) is 11.6 Å². The molecule has 4 amide bonds. The summed E-state index contributed by atoms with van der Waals surface area (Å²) in [5.41, 5.74) is 0.172. The lowest BCUT2D eigenvalue weighted by Crippen LogP contribution is -2.46. The Bertz CT molecular complexity index is 932. The van der Waals surface area contributed by atoms with Gasteiger partial charge >= 0.3 is 6.03 Å². The van der Waals surface area contributed by atoms with Crippen molar-refractivity contribution in [1.82, 2.24) is 15.1 Å². The Morgan fingerprint density at radius 2 is 1.72 bits per heavy atom. The van der Waals surface area contributed by atoms with Crippen molar-refractivity contribution in [3.05, 3.63) is 70.7 Å². The third-order valence-corrected chi connectivity index (χ3v) is 5.45. The molecule has 152 valence electrons. The van der Waals surface area contributed by atoms with Gasteiger partial charge in [-0.2, -0.15) is 0 Å². The molecule has 3 rings (SSSR count). The smallest absolute Gasteiger partial charge is 0.325 e. The summed E-state index contributed by atoms with van der Waals surface area (Å²) in [5, 5.41) is 3.07. The van der Waals surface area contributed by atoms with Crippen molar-refractivity contribution in [2.75, 3.05) is 6.54 Å². The van der Waals surface area contributed by atoms with Crippen molar-refractivity contribution in [3.8, 4) is 0 Å². The van der Waals surface area contributed by atoms with Crippen molar-refractivity contribution >= 4 is 29.4 Å². The molecule has 0 aromatic heterocycles. The maximum Gasteiger partial charge on any atom is 0.325 e. The van der Waals surface area contributed by atoms with Crippen molar-refractivity contribution in [2.24, 2.45) is 0 Å². The van der Waals surface area contributed by atoms with Gasteiger partial charge in [-0.1, -0.05) is 60.1 Å². The number of nitrogens with one attached hydrogen (secondary N) is 1. The normalized spacial score (nSPS) is 18.9. The van der Waals surface area contributed by atoms with Gasteiger partial charge in [0.15, 0.2) is 0 Å². The predicted molar refractivity (Wildman–Crippen MR) is 111 cm³/mol. The molecule has 1 heterocycles. The van der Waals surface area contributed by atoms with Gasteiger partial charge in [0.25, 0.3) is 5.91 Å². The molecule has 2 aromatic carbocycles. The van der Waals surface area contributed by atoms with Gasteiger partial charge < -0.3 is 10.2 Å². The van der Waals surface area contributed by atoms with Crippen molar-refractivity contribution in [2.45, 2.75) is 38.9 Å². The second-order valence-electron chi connectivity index (χ2n) is 7.53. The van der Waals surface area contributed by atoms with Crippen LogP contribution in [-0.4, -0.2) is 40.2 Å². The average molecular weight is 414 g/mol. The number of benzene rings is 2. The van der Waals surface area contributed by atoms with Crippen LogP contribution in [0.3, 0.4) is 0 Å². The number of imide groups is 1. The molecule has 2 aromatic rings. The second-order valence-corrected chi connectivity index (χ2v) is 7.93. The van der Waals surface area contributed by atoms with Crippen LogP contribution in [0, 0.1) is 0 Å². The standard InChI is InChI=1S/C22H24ClN3O3/c1-15(2)25(13-16-9-5-4-6-10-16)19(27)14-26-20(28)22(3,24-21(26)29)17-11-7-8-12-18(17)23/h4-12,15H,13-14H2,1-3H3,(H,24,29)/t22-/m0/s1. The van der Waals surface area contributed by atoms with Gasteiger partial charge in [-0.25, -0.2) is 4.79 Å². The zero-order valence-electron chi connectivity index (χ0n) is 16.7. The van der Waals surface area contributed by atoms with E-state index < -0.39 is 17.5 Å². The number of rotatable bonds is 6. The lowest BCUT2D eigenvalue weighted by atomic mass is 9.92. The van der Waals surface area contributed by atoms with Crippen LogP contribution >= 0.6 is 11.6 Å². The number of hydrogen-bond donors (Lipinski definition) is 1. The number of carbonyl (C=O) groups excluding carboxylic acids is 3. The van der Waals surface area contributed by atoms with Gasteiger partial charge in [-0.3, -0.25) is 14.5 Å². The molecule has 0 aliphatic carbocycles. The highest BCUT2D eigenvalue weighted by molar-refractivity contribution is 6.32. The summed E-state index contributed by atoms with van der Waals surface area (Å²) in [6.45, 7) is 5.49. The summed E-state index contributed by atoms with van der Waals surface area (Å²) in [7, 11) is 0. The van der Waals surface area contributed by atoms with E-state index in [-0.39, 0.29) is 18.5 Å². The number of urea groups is 1. The zero-order chi connectivity index (χ0) is 21.2. The van der Waals surface area contributed by atoms with E-state index in [0.29, 0.717) is 17.1 Å². The number of halogens is 1. The lowest BCUT2D eigenvalue weighted by molar-refractivity contribution is -0.140. The van der Waals surface area contributed by atoms with Gasteiger partial charge in [-0.05, 0) is 32.4 Å². The maximum absolute atomic E-state index is 13.1. The van der Waals surface area contributed by atoms with E-state index in [1.165, 1.54) is 0 Å². The third-order valence-electron chi connectivity index (χ3n) is 5.12. The van der Waals surface area contributed by atoms with Gasteiger partial charge in [0, 0.05) is 23.2 Å². The van der Waals surface area contributed by atoms with E-state index >= 15 is 0 Å². The maximum atomic E-state index is 13.1. The summed E-state index contributed by atoms with van der Waals surface area (Å²) >= 11 is 6.25. The van der Waals surface area contributed by atoms with E-state index in [2.05, 4.69) is 5.32 Å². The molecule has 1 atom stereocenters. The average Bonchev–Trinajstić information content (AvgIpc) is 2.90. The van der Waals surface area contributed by atoms with Crippen LogP contribution < -0.4 is 5.32 Å². The highest BCUT2D eigenvalue weighted by atomic mass is 35.5. The lowest BCUT2D eigenvalue weighted by Gasteiger charge is -2.29. The Hall–Kier alpha value is -2.86. The fourth-order valence-electron chi connectivity index (χ4n) is 3.45. The molecule has 0 unspecified atom stereocenters. The Morgan fingerprint density at radius 3 is 2.34 bits per heavy atom. The fraction of sp³-hybridized carbons (Fsp3) is 0.318. The van der Waals surface area contributed by atoms with Gasteiger partial charge in [0.1, 0.15) is 12.1 Å². The highest BCUT2D eigenvalue weighted by Gasteiger charge is 2.50. The molecule has 29 heavy (non-hydrogen) atoms. The Kier molecular flexibility index (Phi) is 5.94. The topological polar surface area (TPSA) is 69.7 Å². The molecular weight excluding hydrogens is 390 g/mol. The van der Waals surface area contributed by atoms with E-state index in [0.717, 1.165) is 10.5 Å². The van der Waals surface area contributed by atoms with Crippen LogP contribution in [0.1, 0.15) is 31.9 Å². The first-order valence-corrected chi connectivity index (χ1v) is 9.84. The summed E-state index contributed by atoms with van der Waals surface area (Å²) in [4.78, 5) is 41.2. The molecule has 0 spiro atoms. The fourth-order valence-corrected chi connectivity index (χ4v) is 3.78. The molecule has 1 saturated heterocycles. The van der Waals surface area contributed by atoms with Crippen LogP contribution in [0.15, 0.2) is 54.6 Å². The first-order chi connectivity index (χ1) is 13.7.